The van der Waals surface area contributed by atoms with Crippen LogP contribution < -0.4 is 11.1 Å². The van der Waals surface area contributed by atoms with E-state index in [9.17, 15) is 18.4 Å². The molecule has 0 saturated heterocycles. The predicted octanol–water partition coefficient (Wildman–Crippen LogP) is 3.24. The number of primary amides is 1. The molecule has 7 nitrogen and oxygen atoms in total. The maximum absolute atomic E-state index is 14.8. The SMILES string of the molecule is NC(=O)[C@@H](Cc1ccccn1)NC(=O)c1cccc(F)c1-c1cc(-c2ccc(F)cc2)n[nH]1. The van der Waals surface area contributed by atoms with E-state index in [0.29, 0.717) is 17.0 Å². The number of rotatable bonds is 7. The van der Waals surface area contributed by atoms with Crippen molar-refractivity contribution >= 4 is 11.8 Å². The number of pyridine rings is 1. The van der Waals surface area contributed by atoms with Crippen molar-refractivity contribution < 1.29 is 18.4 Å². The lowest BCUT2D eigenvalue weighted by molar-refractivity contribution is -0.119. The van der Waals surface area contributed by atoms with E-state index in [0.717, 1.165) is 0 Å². The lowest BCUT2D eigenvalue weighted by Crippen LogP contribution is -2.46. The maximum atomic E-state index is 14.8. The zero-order valence-electron chi connectivity index (χ0n) is 17.3. The van der Waals surface area contributed by atoms with Crippen molar-refractivity contribution in [1.29, 1.82) is 0 Å². The number of aromatic nitrogens is 3. The Bertz CT molecular complexity index is 1290. The molecule has 0 spiro atoms. The van der Waals surface area contributed by atoms with Crippen LogP contribution in [0.1, 0.15) is 16.1 Å². The van der Waals surface area contributed by atoms with Crippen LogP contribution in [0.25, 0.3) is 22.5 Å². The second-order valence-electron chi connectivity index (χ2n) is 7.29. The van der Waals surface area contributed by atoms with Crippen molar-refractivity contribution in [3.8, 4) is 22.5 Å². The molecule has 0 aliphatic carbocycles. The Kier molecular flexibility index (Phi) is 6.21. The molecule has 0 unspecified atom stereocenters. The Morgan fingerprint density at radius 2 is 1.82 bits per heavy atom. The Labute approximate surface area is 187 Å². The third kappa shape index (κ3) is 4.93. The summed E-state index contributed by atoms with van der Waals surface area (Å²) < 4.78 is 28.0. The van der Waals surface area contributed by atoms with E-state index in [1.165, 1.54) is 30.3 Å². The van der Waals surface area contributed by atoms with Crippen molar-refractivity contribution in [3.63, 3.8) is 0 Å². The van der Waals surface area contributed by atoms with Gasteiger partial charge >= 0.3 is 0 Å². The Morgan fingerprint density at radius 3 is 2.52 bits per heavy atom. The maximum Gasteiger partial charge on any atom is 0.252 e. The summed E-state index contributed by atoms with van der Waals surface area (Å²) in [5, 5.41) is 9.44. The van der Waals surface area contributed by atoms with Gasteiger partial charge in [0.1, 0.15) is 17.7 Å². The van der Waals surface area contributed by atoms with Crippen molar-refractivity contribution in [2.24, 2.45) is 5.73 Å². The second kappa shape index (κ2) is 9.39. The molecule has 0 fully saturated rings. The van der Waals surface area contributed by atoms with Crippen LogP contribution in [0.15, 0.2) is 72.9 Å². The molecule has 0 aliphatic heterocycles. The quantitative estimate of drug-likeness (QED) is 0.404. The van der Waals surface area contributed by atoms with E-state index < -0.39 is 29.5 Å². The van der Waals surface area contributed by atoms with Crippen LogP contribution in [0, 0.1) is 11.6 Å². The van der Waals surface area contributed by atoms with Gasteiger partial charge in [0.05, 0.1) is 17.0 Å². The fraction of sp³-hybridized carbons (Fsp3) is 0.0833. The first-order valence-electron chi connectivity index (χ1n) is 10.0. The van der Waals surface area contributed by atoms with Crippen molar-refractivity contribution in [2.75, 3.05) is 0 Å². The second-order valence-corrected chi connectivity index (χ2v) is 7.29. The van der Waals surface area contributed by atoms with Crippen LogP contribution in [-0.4, -0.2) is 33.0 Å². The van der Waals surface area contributed by atoms with Crippen LogP contribution in [-0.2, 0) is 11.2 Å². The van der Waals surface area contributed by atoms with Gasteiger partial charge in [0.2, 0.25) is 5.91 Å². The molecular weight excluding hydrogens is 428 g/mol. The van der Waals surface area contributed by atoms with Gasteiger partial charge in [-0.15, -0.1) is 0 Å². The minimum Gasteiger partial charge on any atom is -0.368 e. The van der Waals surface area contributed by atoms with Gasteiger partial charge in [-0.05, 0) is 54.6 Å². The minimum atomic E-state index is -1.04. The highest BCUT2D eigenvalue weighted by atomic mass is 19.1. The molecule has 0 saturated carbocycles. The number of carbonyl (C=O) groups is 2. The minimum absolute atomic E-state index is 0.00317. The van der Waals surface area contributed by atoms with Gasteiger partial charge in [0.15, 0.2) is 0 Å². The average molecular weight is 447 g/mol. The summed E-state index contributed by atoms with van der Waals surface area (Å²) in [4.78, 5) is 29.1. The molecule has 166 valence electrons. The number of halogens is 2. The number of hydrogen-bond donors (Lipinski definition) is 3. The standard InChI is InChI=1S/C24H19F2N5O2/c25-15-9-7-14(8-10-15)19-13-20(31-30-19)22-17(5-3-6-18(22)26)24(33)29-21(23(27)32)12-16-4-1-2-11-28-16/h1-11,13,21H,12H2,(H2,27,32)(H,29,33)(H,30,31)/t21-/m1/s1. The molecule has 2 aromatic heterocycles. The van der Waals surface area contributed by atoms with Crippen LogP contribution in [0.3, 0.4) is 0 Å². The number of nitrogens with two attached hydrogens (primary N) is 1. The van der Waals surface area contributed by atoms with Crippen LogP contribution in [0.4, 0.5) is 8.78 Å². The van der Waals surface area contributed by atoms with Crippen molar-refractivity contribution in [3.05, 3.63) is 95.8 Å². The molecule has 2 heterocycles. The van der Waals surface area contributed by atoms with Gasteiger partial charge in [-0.1, -0.05) is 12.1 Å². The van der Waals surface area contributed by atoms with Gasteiger partial charge in [-0.2, -0.15) is 5.10 Å². The highest BCUT2D eigenvalue weighted by Gasteiger charge is 2.24. The number of carbonyl (C=O) groups excluding carboxylic acids is 2. The molecule has 9 heteroatoms. The Balaban J connectivity index is 1.63. The lowest BCUT2D eigenvalue weighted by atomic mass is 10.0. The number of nitrogens with one attached hydrogen (secondary N) is 2. The normalized spacial score (nSPS) is 11.7. The first-order chi connectivity index (χ1) is 15.9. The van der Waals surface area contributed by atoms with Gasteiger partial charge in [0, 0.05) is 29.4 Å². The molecule has 4 rings (SSSR count). The fourth-order valence-corrected chi connectivity index (χ4v) is 3.39. The fourth-order valence-electron chi connectivity index (χ4n) is 3.39. The molecule has 2 amide bonds. The average Bonchev–Trinajstić information content (AvgIpc) is 3.29. The Morgan fingerprint density at radius 1 is 1.03 bits per heavy atom. The molecule has 2 aromatic carbocycles. The van der Waals surface area contributed by atoms with Crippen LogP contribution >= 0.6 is 0 Å². The van der Waals surface area contributed by atoms with Gasteiger partial charge in [0.25, 0.3) is 5.91 Å². The number of nitrogens with zero attached hydrogens (tertiary/aromatic N) is 2. The van der Waals surface area contributed by atoms with E-state index in [1.54, 1.807) is 42.6 Å². The van der Waals surface area contributed by atoms with Crippen LogP contribution in [0.5, 0.6) is 0 Å². The monoisotopic (exact) mass is 447 g/mol. The highest BCUT2D eigenvalue weighted by Crippen LogP contribution is 2.29. The molecule has 4 N–H and O–H groups in total. The first-order valence-corrected chi connectivity index (χ1v) is 10.0. The smallest absolute Gasteiger partial charge is 0.252 e. The summed E-state index contributed by atoms with van der Waals surface area (Å²) in [5.74, 6) is -2.47. The summed E-state index contributed by atoms with van der Waals surface area (Å²) in [6.45, 7) is 0. The molecule has 0 bridgehead atoms. The summed E-state index contributed by atoms with van der Waals surface area (Å²) >= 11 is 0. The molecule has 0 radical (unpaired) electrons. The molecule has 1 atom stereocenters. The van der Waals surface area contributed by atoms with Gasteiger partial charge in [-0.3, -0.25) is 19.7 Å². The van der Waals surface area contributed by atoms with Gasteiger partial charge in [-0.25, -0.2) is 8.78 Å². The number of benzene rings is 2. The van der Waals surface area contributed by atoms with Crippen molar-refractivity contribution in [1.82, 2.24) is 20.5 Å². The van der Waals surface area contributed by atoms with E-state index >= 15 is 0 Å². The largest absolute Gasteiger partial charge is 0.368 e. The Hall–Kier alpha value is -4.40. The molecule has 33 heavy (non-hydrogen) atoms. The molecular formula is C24H19F2N5O2. The van der Waals surface area contributed by atoms with Gasteiger partial charge < -0.3 is 11.1 Å². The molecule has 0 aliphatic rings. The third-order valence-electron chi connectivity index (χ3n) is 5.03. The summed E-state index contributed by atoms with van der Waals surface area (Å²) in [7, 11) is 0. The third-order valence-corrected chi connectivity index (χ3v) is 5.03. The molecule has 4 aromatic rings. The zero-order valence-corrected chi connectivity index (χ0v) is 17.3. The summed E-state index contributed by atoms with van der Waals surface area (Å²) in [6, 6.07) is 15.4. The van der Waals surface area contributed by atoms with Crippen LogP contribution in [0.2, 0.25) is 0 Å². The van der Waals surface area contributed by atoms with E-state index in [1.807, 2.05) is 0 Å². The number of aromatic amines is 1. The number of hydrogen-bond acceptors (Lipinski definition) is 4. The summed E-state index contributed by atoms with van der Waals surface area (Å²) in [6.07, 6.45) is 1.65. The highest BCUT2D eigenvalue weighted by molar-refractivity contribution is 6.02. The van der Waals surface area contributed by atoms with E-state index in [2.05, 4.69) is 20.5 Å². The van der Waals surface area contributed by atoms with E-state index in [-0.39, 0.29) is 23.2 Å². The zero-order chi connectivity index (χ0) is 23.4. The summed E-state index contributed by atoms with van der Waals surface area (Å²) in [5.41, 5.74) is 7.33. The van der Waals surface area contributed by atoms with Crippen molar-refractivity contribution in [2.45, 2.75) is 12.5 Å². The number of amides is 2. The van der Waals surface area contributed by atoms with E-state index in [4.69, 9.17) is 5.73 Å². The lowest BCUT2D eigenvalue weighted by Gasteiger charge is -2.16. The topological polar surface area (TPSA) is 114 Å². The number of H-pyrrole nitrogens is 1. The predicted molar refractivity (Wildman–Crippen MR) is 118 cm³/mol. The first kappa shape index (κ1) is 21.8.